The van der Waals surface area contributed by atoms with E-state index >= 15 is 0 Å². The Morgan fingerprint density at radius 1 is 1.29 bits per heavy atom. The first kappa shape index (κ1) is 12.2. The molecule has 1 heterocycles. The lowest BCUT2D eigenvalue weighted by Crippen LogP contribution is -2.04. The molecule has 0 fully saturated rings. The van der Waals surface area contributed by atoms with Crippen LogP contribution in [0.4, 0.5) is 5.82 Å². The number of nitrogens with two attached hydrogens (primary N) is 1. The molecule has 0 bridgehead atoms. The van der Waals surface area contributed by atoms with Gasteiger partial charge < -0.3 is 5.73 Å². The molecule has 0 unspecified atom stereocenters. The quantitative estimate of drug-likeness (QED) is 0.934. The van der Waals surface area contributed by atoms with E-state index in [0.717, 1.165) is 40.9 Å². The van der Waals surface area contributed by atoms with E-state index in [1.165, 1.54) is 0 Å². The van der Waals surface area contributed by atoms with Gasteiger partial charge in [-0.15, -0.1) is 0 Å². The summed E-state index contributed by atoms with van der Waals surface area (Å²) in [5.74, 6) is 0.733. The molecule has 2 rings (SSSR count). The molecule has 90 valence electrons. The summed E-state index contributed by atoms with van der Waals surface area (Å²) >= 11 is 3.42. The molecule has 0 amide bonds. The summed E-state index contributed by atoms with van der Waals surface area (Å²) in [6.07, 6.45) is 2.25. The molecule has 17 heavy (non-hydrogen) atoms. The van der Waals surface area contributed by atoms with Gasteiger partial charge in [0.25, 0.3) is 0 Å². The number of unbranched alkanes of at least 4 members (excludes halogenated alkanes) is 1. The molecule has 0 radical (unpaired) electrons. The number of nitrogen functional groups attached to an aromatic ring is 1. The number of anilines is 1. The third-order valence-corrected chi connectivity index (χ3v) is 3.20. The second kappa shape index (κ2) is 5.36. The van der Waals surface area contributed by atoms with E-state index in [0.29, 0.717) is 0 Å². The first-order valence-corrected chi connectivity index (χ1v) is 6.59. The molecule has 0 spiro atoms. The Morgan fingerprint density at radius 2 is 2.00 bits per heavy atom. The summed E-state index contributed by atoms with van der Waals surface area (Å²) in [6, 6.07) is 10.0. The molecule has 0 saturated carbocycles. The van der Waals surface area contributed by atoms with Crippen molar-refractivity contribution in [1.29, 1.82) is 0 Å². The topological polar surface area (TPSA) is 43.8 Å². The molecule has 0 aliphatic carbocycles. The number of aromatic nitrogens is 2. The number of hydrogen-bond acceptors (Lipinski definition) is 2. The highest BCUT2D eigenvalue weighted by Gasteiger charge is 2.06. The van der Waals surface area contributed by atoms with Crippen molar-refractivity contribution in [3.63, 3.8) is 0 Å². The van der Waals surface area contributed by atoms with Crippen LogP contribution in [-0.2, 0) is 6.54 Å². The minimum Gasteiger partial charge on any atom is -0.384 e. The van der Waals surface area contributed by atoms with Crippen LogP contribution in [0.3, 0.4) is 0 Å². The van der Waals surface area contributed by atoms with Crippen molar-refractivity contribution in [2.45, 2.75) is 26.3 Å². The third-order valence-electron chi connectivity index (χ3n) is 2.67. The van der Waals surface area contributed by atoms with Crippen molar-refractivity contribution >= 4 is 21.7 Å². The van der Waals surface area contributed by atoms with Crippen LogP contribution in [0.2, 0.25) is 0 Å². The second-order valence-electron chi connectivity index (χ2n) is 4.04. The highest BCUT2D eigenvalue weighted by molar-refractivity contribution is 9.10. The second-order valence-corrected chi connectivity index (χ2v) is 4.95. The highest BCUT2D eigenvalue weighted by atomic mass is 79.9. The van der Waals surface area contributed by atoms with Gasteiger partial charge in [0.2, 0.25) is 0 Å². The Bertz CT molecular complexity index is 488. The lowest BCUT2D eigenvalue weighted by molar-refractivity contribution is 0.580. The third kappa shape index (κ3) is 2.88. The zero-order valence-electron chi connectivity index (χ0n) is 9.86. The van der Waals surface area contributed by atoms with Gasteiger partial charge in [-0.3, -0.25) is 0 Å². The fourth-order valence-electron chi connectivity index (χ4n) is 1.68. The van der Waals surface area contributed by atoms with Crippen molar-refractivity contribution in [3.8, 4) is 11.3 Å². The van der Waals surface area contributed by atoms with Gasteiger partial charge in [0.15, 0.2) is 0 Å². The van der Waals surface area contributed by atoms with Gasteiger partial charge in [-0.25, -0.2) is 4.68 Å². The predicted octanol–water partition coefficient (Wildman–Crippen LogP) is 3.69. The summed E-state index contributed by atoms with van der Waals surface area (Å²) in [6.45, 7) is 3.05. The average Bonchev–Trinajstić information content (AvgIpc) is 2.69. The maximum absolute atomic E-state index is 5.94. The van der Waals surface area contributed by atoms with Crippen LogP contribution in [0.25, 0.3) is 11.3 Å². The zero-order valence-corrected chi connectivity index (χ0v) is 11.4. The molecular formula is C13H16BrN3. The Balaban J connectivity index is 2.24. The van der Waals surface area contributed by atoms with E-state index in [-0.39, 0.29) is 0 Å². The van der Waals surface area contributed by atoms with Crippen LogP contribution in [0.5, 0.6) is 0 Å². The van der Waals surface area contributed by atoms with Gasteiger partial charge in [0.05, 0.1) is 5.69 Å². The standard InChI is InChI=1S/C13H16BrN3/c1-2-3-8-17-13(15)9-12(16-17)10-4-6-11(14)7-5-10/h4-7,9H,2-3,8,15H2,1H3. The maximum Gasteiger partial charge on any atom is 0.122 e. The lowest BCUT2D eigenvalue weighted by atomic mass is 10.2. The molecule has 0 aliphatic rings. The lowest BCUT2D eigenvalue weighted by Gasteiger charge is -2.01. The summed E-state index contributed by atoms with van der Waals surface area (Å²) in [5.41, 5.74) is 7.97. The van der Waals surface area contributed by atoms with Crippen LogP contribution < -0.4 is 5.73 Å². The molecule has 0 atom stereocenters. The number of aryl methyl sites for hydroxylation is 1. The Labute approximate surface area is 110 Å². The van der Waals surface area contributed by atoms with Gasteiger partial charge in [-0.2, -0.15) is 5.10 Å². The molecule has 2 N–H and O–H groups in total. The molecule has 1 aromatic heterocycles. The molecule has 0 aliphatic heterocycles. The summed E-state index contributed by atoms with van der Waals surface area (Å²) < 4.78 is 2.94. The van der Waals surface area contributed by atoms with Crippen molar-refractivity contribution in [3.05, 3.63) is 34.8 Å². The highest BCUT2D eigenvalue weighted by Crippen LogP contribution is 2.22. The molecular weight excluding hydrogens is 278 g/mol. The minimum absolute atomic E-state index is 0.733. The van der Waals surface area contributed by atoms with Crippen LogP contribution in [0, 0.1) is 0 Å². The van der Waals surface area contributed by atoms with Crippen molar-refractivity contribution in [2.75, 3.05) is 5.73 Å². The fraction of sp³-hybridized carbons (Fsp3) is 0.308. The van der Waals surface area contributed by atoms with Crippen LogP contribution in [0.1, 0.15) is 19.8 Å². The fourth-order valence-corrected chi connectivity index (χ4v) is 1.94. The SMILES string of the molecule is CCCCn1nc(-c2ccc(Br)cc2)cc1N. The number of nitrogens with zero attached hydrogens (tertiary/aromatic N) is 2. The molecule has 0 saturated heterocycles. The maximum atomic E-state index is 5.94. The van der Waals surface area contributed by atoms with Crippen LogP contribution >= 0.6 is 15.9 Å². The molecule has 1 aromatic carbocycles. The monoisotopic (exact) mass is 293 g/mol. The smallest absolute Gasteiger partial charge is 0.122 e. The number of benzene rings is 1. The first-order chi connectivity index (χ1) is 8.20. The molecule has 3 nitrogen and oxygen atoms in total. The summed E-state index contributed by atoms with van der Waals surface area (Å²) in [7, 11) is 0. The van der Waals surface area contributed by atoms with Crippen LogP contribution in [-0.4, -0.2) is 9.78 Å². The van der Waals surface area contributed by atoms with Gasteiger partial charge in [0, 0.05) is 22.6 Å². The van der Waals surface area contributed by atoms with Crippen LogP contribution in [0.15, 0.2) is 34.8 Å². The average molecular weight is 294 g/mol. The Kier molecular flexibility index (Phi) is 3.84. The van der Waals surface area contributed by atoms with E-state index in [1.807, 2.05) is 35.0 Å². The Morgan fingerprint density at radius 3 is 2.65 bits per heavy atom. The first-order valence-electron chi connectivity index (χ1n) is 5.80. The minimum atomic E-state index is 0.733. The van der Waals surface area contributed by atoms with Crippen molar-refractivity contribution in [2.24, 2.45) is 0 Å². The largest absolute Gasteiger partial charge is 0.384 e. The van der Waals surface area contributed by atoms with E-state index < -0.39 is 0 Å². The summed E-state index contributed by atoms with van der Waals surface area (Å²) in [5, 5.41) is 4.52. The van der Waals surface area contributed by atoms with E-state index in [4.69, 9.17) is 5.73 Å². The van der Waals surface area contributed by atoms with Gasteiger partial charge in [-0.1, -0.05) is 41.4 Å². The number of rotatable bonds is 4. The zero-order chi connectivity index (χ0) is 12.3. The van der Waals surface area contributed by atoms with Crippen molar-refractivity contribution in [1.82, 2.24) is 9.78 Å². The molecule has 2 aromatic rings. The van der Waals surface area contributed by atoms with E-state index in [9.17, 15) is 0 Å². The van der Waals surface area contributed by atoms with Crippen molar-refractivity contribution < 1.29 is 0 Å². The summed E-state index contributed by atoms with van der Waals surface area (Å²) in [4.78, 5) is 0. The normalized spacial score (nSPS) is 10.7. The van der Waals surface area contributed by atoms with Gasteiger partial charge in [0.1, 0.15) is 5.82 Å². The number of hydrogen-bond donors (Lipinski definition) is 1. The van der Waals surface area contributed by atoms with Gasteiger partial charge in [-0.05, 0) is 18.6 Å². The van der Waals surface area contributed by atoms with Gasteiger partial charge >= 0.3 is 0 Å². The number of halogens is 1. The van der Waals surface area contributed by atoms with E-state index in [2.05, 4.69) is 28.0 Å². The Hall–Kier alpha value is -1.29. The predicted molar refractivity (Wildman–Crippen MR) is 74.7 cm³/mol. The van der Waals surface area contributed by atoms with E-state index in [1.54, 1.807) is 0 Å². The molecule has 4 heteroatoms.